The molecule has 1 N–H and O–H groups in total. The molecule has 7 nitrogen and oxygen atoms in total. The van der Waals surface area contributed by atoms with Gasteiger partial charge in [0.05, 0.1) is 12.8 Å². The summed E-state index contributed by atoms with van der Waals surface area (Å²) in [5.41, 5.74) is 0.615. The van der Waals surface area contributed by atoms with E-state index in [9.17, 15) is 4.79 Å². The first-order valence-electron chi connectivity index (χ1n) is 4.40. The van der Waals surface area contributed by atoms with Crippen molar-refractivity contribution in [3.05, 3.63) is 34.8 Å². The minimum Gasteiger partial charge on any atom is -0.497 e. The number of hydrogen-bond acceptors (Lipinski definition) is 6. The second-order valence-electron chi connectivity index (χ2n) is 2.82. The van der Waals surface area contributed by atoms with Crippen LogP contribution in [-0.2, 0) is 0 Å². The number of aromatic amines is 1. The highest BCUT2D eigenvalue weighted by atomic mass is 16.5. The maximum absolute atomic E-state index is 10.6. The fraction of sp³-hybridized carbons (Fsp3) is 0.111. The number of hydrogen-bond donors (Lipinski definition) is 1. The summed E-state index contributed by atoms with van der Waals surface area (Å²) >= 11 is 0. The molecule has 0 spiro atoms. The third-order valence-electron chi connectivity index (χ3n) is 1.76. The van der Waals surface area contributed by atoms with Crippen molar-refractivity contribution in [2.45, 2.75) is 0 Å². The Morgan fingerprint density at radius 3 is 2.62 bits per heavy atom. The molecule has 0 aliphatic heterocycles. The Bertz CT molecular complexity index is 540. The van der Waals surface area contributed by atoms with Crippen LogP contribution in [-0.4, -0.2) is 17.3 Å². The number of rotatable bonds is 3. The summed E-state index contributed by atoms with van der Waals surface area (Å²) in [7, 11) is 1.58. The molecule has 1 aromatic carbocycles. The van der Waals surface area contributed by atoms with Crippen LogP contribution < -0.4 is 10.5 Å². The predicted molar refractivity (Wildman–Crippen MR) is 54.3 cm³/mol. The van der Waals surface area contributed by atoms with Gasteiger partial charge in [-0.3, -0.25) is 9.51 Å². The van der Waals surface area contributed by atoms with E-state index in [1.54, 1.807) is 31.4 Å². The van der Waals surface area contributed by atoms with Crippen LogP contribution >= 0.6 is 0 Å². The van der Waals surface area contributed by atoms with E-state index >= 15 is 0 Å². The molecule has 2 rings (SSSR count). The van der Waals surface area contributed by atoms with Crippen molar-refractivity contribution in [1.82, 2.24) is 10.1 Å². The smallest absolute Gasteiger partial charge is 0.440 e. The van der Waals surface area contributed by atoms with E-state index in [1.807, 2.05) is 0 Å². The van der Waals surface area contributed by atoms with Gasteiger partial charge >= 0.3 is 5.76 Å². The first-order valence-corrected chi connectivity index (χ1v) is 4.40. The molecule has 0 unspecified atom stereocenters. The van der Waals surface area contributed by atoms with Crippen LogP contribution in [0.3, 0.4) is 0 Å². The Morgan fingerprint density at radius 1 is 1.31 bits per heavy atom. The minimum atomic E-state index is -0.663. The van der Waals surface area contributed by atoms with Crippen molar-refractivity contribution in [3.63, 3.8) is 0 Å². The number of benzene rings is 1. The standard InChI is InChI=1S/C9H8N4O3/c1-15-7-4-2-6(3-5-7)11-12-8-10-9(14)16-13-8/h2-5H,1H3,(H,10,13,14). The van der Waals surface area contributed by atoms with Gasteiger partial charge in [0.1, 0.15) is 5.75 Å². The van der Waals surface area contributed by atoms with E-state index in [0.717, 1.165) is 5.75 Å². The topological polar surface area (TPSA) is 92.8 Å². The summed E-state index contributed by atoms with van der Waals surface area (Å²) in [5, 5.41) is 10.9. The molecule has 0 atom stereocenters. The summed E-state index contributed by atoms with van der Waals surface area (Å²) in [6, 6.07) is 6.95. The Balaban J connectivity index is 2.14. The average Bonchev–Trinajstić information content (AvgIpc) is 2.73. The van der Waals surface area contributed by atoms with Gasteiger partial charge in [-0.15, -0.1) is 10.2 Å². The van der Waals surface area contributed by atoms with Crippen molar-refractivity contribution in [2.75, 3.05) is 7.11 Å². The van der Waals surface area contributed by atoms with Crippen molar-refractivity contribution in [1.29, 1.82) is 0 Å². The van der Waals surface area contributed by atoms with Crippen molar-refractivity contribution < 1.29 is 9.26 Å². The van der Waals surface area contributed by atoms with Crippen LogP contribution in [0.15, 0.2) is 43.8 Å². The normalized spacial score (nSPS) is 10.8. The molecule has 7 heteroatoms. The van der Waals surface area contributed by atoms with Gasteiger partial charge < -0.3 is 4.74 Å². The SMILES string of the molecule is COc1ccc(N=Nc2noc(=O)[nH]2)cc1. The molecular formula is C9H8N4O3. The van der Waals surface area contributed by atoms with E-state index in [-0.39, 0.29) is 5.95 Å². The Labute approximate surface area is 89.8 Å². The fourth-order valence-electron chi connectivity index (χ4n) is 1.02. The molecular weight excluding hydrogens is 212 g/mol. The molecule has 82 valence electrons. The van der Waals surface area contributed by atoms with Gasteiger partial charge in [0.15, 0.2) is 0 Å². The second-order valence-corrected chi connectivity index (χ2v) is 2.82. The molecule has 0 aliphatic rings. The first kappa shape index (κ1) is 10.1. The van der Waals surface area contributed by atoms with E-state index < -0.39 is 5.76 Å². The lowest BCUT2D eigenvalue weighted by Crippen LogP contribution is -1.92. The molecule has 1 heterocycles. The highest BCUT2D eigenvalue weighted by molar-refractivity contribution is 5.40. The lowest BCUT2D eigenvalue weighted by molar-refractivity contribution is 0.387. The number of ether oxygens (including phenoxy) is 1. The molecule has 0 saturated heterocycles. The maximum Gasteiger partial charge on any atom is 0.440 e. The Morgan fingerprint density at radius 2 is 2.06 bits per heavy atom. The lowest BCUT2D eigenvalue weighted by atomic mass is 10.3. The largest absolute Gasteiger partial charge is 0.497 e. The predicted octanol–water partition coefficient (Wildman–Crippen LogP) is 1.79. The quantitative estimate of drug-likeness (QED) is 0.798. The minimum absolute atomic E-state index is 0.0285. The van der Waals surface area contributed by atoms with Gasteiger partial charge in [0.2, 0.25) is 0 Å². The third-order valence-corrected chi connectivity index (χ3v) is 1.76. The van der Waals surface area contributed by atoms with E-state index in [4.69, 9.17) is 4.74 Å². The van der Waals surface area contributed by atoms with Gasteiger partial charge in [-0.25, -0.2) is 4.79 Å². The van der Waals surface area contributed by atoms with Crippen molar-refractivity contribution in [3.8, 4) is 5.75 Å². The summed E-state index contributed by atoms with van der Waals surface area (Å²) < 4.78 is 9.24. The molecule has 0 aliphatic carbocycles. The molecule has 0 bridgehead atoms. The van der Waals surface area contributed by atoms with Crippen molar-refractivity contribution in [2.24, 2.45) is 10.2 Å². The molecule has 0 amide bonds. The average molecular weight is 220 g/mol. The molecule has 0 fully saturated rings. The first-order chi connectivity index (χ1) is 7.78. The van der Waals surface area contributed by atoms with Crippen LogP contribution in [0.25, 0.3) is 0 Å². The van der Waals surface area contributed by atoms with Gasteiger partial charge in [-0.05, 0) is 29.4 Å². The maximum atomic E-state index is 10.6. The van der Waals surface area contributed by atoms with Gasteiger partial charge in [0, 0.05) is 0 Å². The van der Waals surface area contributed by atoms with E-state index in [0.29, 0.717) is 5.69 Å². The van der Waals surface area contributed by atoms with Crippen LogP contribution in [0.4, 0.5) is 11.6 Å². The molecule has 2 aromatic rings. The highest BCUT2D eigenvalue weighted by Crippen LogP contribution is 2.18. The van der Waals surface area contributed by atoms with Crippen LogP contribution in [0.2, 0.25) is 0 Å². The van der Waals surface area contributed by atoms with E-state index in [2.05, 4.69) is 24.9 Å². The zero-order valence-corrected chi connectivity index (χ0v) is 8.38. The number of aromatic nitrogens is 2. The zero-order chi connectivity index (χ0) is 11.4. The van der Waals surface area contributed by atoms with Gasteiger partial charge in [-0.2, -0.15) is 0 Å². The molecule has 16 heavy (non-hydrogen) atoms. The number of nitrogens with zero attached hydrogens (tertiary/aromatic N) is 3. The number of methoxy groups -OCH3 is 1. The molecule has 0 radical (unpaired) electrons. The van der Waals surface area contributed by atoms with Gasteiger partial charge in [0.25, 0.3) is 5.95 Å². The monoisotopic (exact) mass is 220 g/mol. The fourth-order valence-corrected chi connectivity index (χ4v) is 1.02. The Hall–Kier alpha value is -2.44. The van der Waals surface area contributed by atoms with Gasteiger partial charge in [-0.1, -0.05) is 0 Å². The summed E-state index contributed by atoms with van der Waals surface area (Å²) in [5.74, 6) is 0.0956. The highest BCUT2D eigenvalue weighted by Gasteiger charge is 1.97. The van der Waals surface area contributed by atoms with Crippen LogP contribution in [0, 0.1) is 0 Å². The lowest BCUT2D eigenvalue weighted by Gasteiger charge is -1.97. The van der Waals surface area contributed by atoms with Crippen LogP contribution in [0.1, 0.15) is 0 Å². The molecule has 0 saturated carbocycles. The summed E-state index contributed by atoms with van der Waals surface area (Å²) in [6.45, 7) is 0. The summed E-state index contributed by atoms with van der Waals surface area (Å²) in [6.07, 6.45) is 0. The summed E-state index contributed by atoms with van der Waals surface area (Å²) in [4.78, 5) is 12.8. The number of azo groups is 1. The number of nitrogens with one attached hydrogen (secondary N) is 1. The zero-order valence-electron chi connectivity index (χ0n) is 8.38. The van der Waals surface area contributed by atoms with Crippen molar-refractivity contribution >= 4 is 11.6 Å². The molecule has 1 aromatic heterocycles. The third kappa shape index (κ3) is 2.32. The number of H-pyrrole nitrogens is 1. The Kier molecular flexibility index (Phi) is 2.77. The van der Waals surface area contributed by atoms with Crippen LogP contribution in [0.5, 0.6) is 5.75 Å². The second kappa shape index (κ2) is 4.39. The van der Waals surface area contributed by atoms with E-state index in [1.165, 1.54) is 0 Å².